The molecule has 0 saturated heterocycles. The van der Waals surface area contributed by atoms with Crippen molar-refractivity contribution in [3.05, 3.63) is 66.7 Å². The summed E-state index contributed by atoms with van der Waals surface area (Å²) in [6.07, 6.45) is 0. The smallest absolute Gasteiger partial charge is 0.127 e. The third-order valence-corrected chi connectivity index (χ3v) is 2.81. The molecule has 98 valence electrons. The van der Waals surface area contributed by atoms with Crippen molar-refractivity contribution in [1.29, 1.82) is 0 Å². The maximum Gasteiger partial charge on any atom is 0.127 e. The summed E-state index contributed by atoms with van der Waals surface area (Å²) in [5, 5.41) is 0. The summed E-state index contributed by atoms with van der Waals surface area (Å²) in [7, 11) is 0. The molecule has 0 spiro atoms. The third-order valence-electron chi connectivity index (χ3n) is 2.43. The van der Waals surface area contributed by atoms with Crippen molar-refractivity contribution in [2.75, 3.05) is 12.5 Å². The van der Waals surface area contributed by atoms with Crippen LogP contribution in [0.1, 0.15) is 0 Å². The van der Waals surface area contributed by atoms with E-state index in [9.17, 15) is 0 Å². The summed E-state index contributed by atoms with van der Waals surface area (Å²) < 4.78 is 11.2. The van der Waals surface area contributed by atoms with Gasteiger partial charge in [-0.3, -0.25) is 0 Å². The average Bonchev–Trinajstić information content (AvgIpc) is 2.47. The summed E-state index contributed by atoms with van der Waals surface area (Å²) in [6, 6.07) is 17.1. The lowest BCUT2D eigenvalue weighted by Gasteiger charge is -2.08. The molecule has 2 nitrogen and oxygen atoms in total. The number of alkyl halides is 1. The van der Waals surface area contributed by atoms with E-state index >= 15 is 0 Å². The first kappa shape index (κ1) is 13.5. The minimum absolute atomic E-state index is 0.412. The molecule has 0 aliphatic carbocycles. The van der Waals surface area contributed by atoms with E-state index in [0.717, 1.165) is 22.8 Å². The minimum Gasteiger partial charge on any atom is -0.489 e. The Morgan fingerprint density at radius 1 is 0.895 bits per heavy atom. The largest absolute Gasteiger partial charge is 0.489 e. The molecule has 2 aromatic rings. The Kier molecular flexibility index (Phi) is 4.87. The van der Waals surface area contributed by atoms with Gasteiger partial charge in [-0.2, -0.15) is 0 Å². The van der Waals surface area contributed by atoms with Crippen LogP contribution in [0.25, 0.3) is 0 Å². The highest BCUT2D eigenvalue weighted by atomic mass is 35.5. The van der Waals surface area contributed by atoms with Gasteiger partial charge >= 0.3 is 0 Å². The van der Waals surface area contributed by atoms with Crippen molar-refractivity contribution in [3.63, 3.8) is 0 Å². The van der Waals surface area contributed by atoms with Gasteiger partial charge in [0.1, 0.15) is 23.9 Å². The van der Waals surface area contributed by atoms with Crippen LogP contribution < -0.4 is 9.47 Å². The van der Waals surface area contributed by atoms with E-state index in [1.165, 1.54) is 0 Å². The molecule has 0 amide bonds. The van der Waals surface area contributed by atoms with Crippen molar-refractivity contribution in [1.82, 2.24) is 0 Å². The molecule has 3 heteroatoms. The van der Waals surface area contributed by atoms with E-state index in [0.29, 0.717) is 12.5 Å². The molecule has 2 rings (SSSR count). The molecule has 0 radical (unpaired) electrons. The van der Waals surface area contributed by atoms with E-state index in [1.54, 1.807) is 0 Å². The molecule has 0 bridgehead atoms. The van der Waals surface area contributed by atoms with Crippen LogP contribution in [0.5, 0.6) is 17.2 Å². The fourth-order valence-corrected chi connectivity index (χ4v) is 1.53. The molecule has 19 heavy (non-hydrogen) atoms. The second kappa shape index (κ2) is 6.86. The predicted molar refractivity (Wildman–Crippen MR) is 78.3 cm³/mol. The summed E-state index contributed by atoms with van der Waals surface area (Å²) in [6.45, 7) is 4.21. The van der Waals surface area contributed by atoms with Gasteiger partial charge in [0, 0.05) is 5.88 Å². The van der Waals surface area contributed by atoms with Crippen LogP contribution in [0.15, 0.2) is 66.7 Å². The molecule has 0 fully saturated rings. The first-order chi connectivity index (χ1) is 9.28. The van der Waals surface area contributed by atoms with Crippen molar-refractivity contribution in [3.8, 4) is 17.2 Å². The molecular weight excluding hydrogens is 260 g/mol. The zero-order valence-corrected chi connectivity index (χ0v) is 11.3. The van der Waals surface area contributed by atoms with Crippen LogP contribution in [0.3, 0.4) is 0 Å². The van der Waals surface area contributed by atoms with Gasteiger partial charge in [-0.25, -0.2) is 0 Å². The second-order valence-electron chi connectivity index (χ2n) is 4.06. The monoisotopic (exact) mass is 274 g/mol. The van der Waals surface area contributed by atoms with Gasteiger partial charge in [-0.1, -0.05) is 24.8 Å². The number of ether oxygens (including phenoxy) is 2. The molecule has 0 atom stereocenters. The van der Waals surface area contributed by atoms with Crippen LogP contribution in [0.2, 0.25) is 0 Å². The van der Waals surface area contributed by atoms with Crippen molar-refractivity contribution >= 4 is 11.6 Å². The second-order valence-corrected chi connectivity index (χ2v) is 4.33. The average molecular weight is 275 g/mol. The Morgan fingerprint density at radius 3 is 2.11 bits per heavy atom. The van der Waals surface area contributed by atoms with Gasteiger partial charge in [0.2, 0.25) is 0 Å². The fourth-order valence-electron chi connectivity index (χ4n) is 1.45. The molecule has 0 heterocycles. The van der Waals surface area contributed by atoms with E-state index < -0.39 is 0 Å². The zero-order valence-electron chi connectivity index (χ0n) is 10.5. The van der Waals surface area contributed by atoms with Gasteiger partial charge in [0.15, 0.2) is 0 Å². The first-order valence-electron chi connectivity index (χ1n) is 5.96. The van der Waals surface area contributed by atoms with Crippen LogP contribution in [0.4, 0.5) is 0 Å². The topological polar surface area (TPSA) is 18.5 Å². The standard InChI is InChI=1S/C16H15ClO2/c1-13(11-17)12-18-14-7-9-16(10-8-14)19-15-5-3-2-4-6-15/h2-10H,1,11-12H2. The highest BCUT2D eigenvalue weighted by Crippen LogP contribution is 2.23. The number of benzene rings is 2. The molecule has 0 saturated carbocycles. The number of halogens is 1. The predicted octanol–water partition coefficient (Wildman–Crippen LogP) is 4.65. The molecule has 0 aliphatic rings. The number of hydrogen-bond acceptors (Lipinski definition) is 2. The normalized spacial score (nSPS) is 9.95. The Balaban J connectivity index is 1.93. The van der Waals surface area contributed by atoms with Gasteiger partial charge in [-0.15, -0.1) is 11.6 Å². The third kappa shape index (κ3) is 4.34. The van der Waals surface area contributed by atoms with E-state index in [1.807, 2.05) is 54.6 Å². The van der Waals surface area contributed by atoms with E-state index in [4.69, 9.17) is 21.1 Å². The maximum absolute atomic E-state index is 5.69. The Hall–Kier alpha value is -1.93. The molecule has 0 aliphatic heterocycles. The SMILES string of the molecule is C=C(CCl)COc1ccc(Oc2ccccc2)cc1. The molecule has 0 aromatic heterocycles. The van der Waals surface area contributed by atoms with Crippen LogP contribution >= 0.6 is 11.6 Å². The Labute approximate surface area is 118 Å². The lowest BCUT2D eigenvalue weighted by molar-refractivity contribution is 0.352. The number of hydrogen-bond donors (Lipinski definition) is 0. The highest BCUT2D eigenvalue weighted by Gasteiger charge is 1.99. The van der Waals surface area contributed by atoms with Gasteiger partial charge < -0.3 is 9.47 Å². The van der Waals surface area contributed by atoms with E-state index in [-0.39, 0.29) is 0 Å². The van der Waals surface area contributed by atoms with Crippen molar-refractivity contribution in [2.45, 2.75) is 0 Å². The first-order valence-corrected chi connectivity index (χ1v) is 6.50. The summed E-state index contributed by atoms with van der Waals surface area (Å²) in [5.41, 5.74) is 0.853. The molecule has 0 unspecified atom stereocenters. The quantitative estimate of drug-likeness (QED) is 0.564. The highest BCUT2D eigenvalue weighted by molar-refractivity contribution is 6.19. The summed E-state index contributed by atoms with van der Waals surface area (Å²) in [4.78, 5) is 0. The molecule has 0 N–H and O–H groups in total. The number of para-hydroxylation sites is 1. The Morgan fingerprint density at radius 2 is 1.47 bits per heavy atom. The number of rotatable bonds is 6. The van der Waals surface area contributed by atoms with E-state index in [2.05, 4.69) is 6.58 Å². The zero-order chi connectivity index (χ0) is 13.5. The van der Waals surface area contributed by atoms with Crippen molar-refractivity contribution in [2.24, 2.45) is 0 Å². The van der Waals surface area contributed by atoms with Crippen LogP contribution in [0, 0.1) is 0 Å². The van der Waals surface area contributed by atoms with Crippen molar-refractivity contribution < 1.29 is 9.47 Å². The fraction of sp³-hybridized carbons (Fsp3) is 0.125. The Bertz CT molecular complexity index is 520. The van der Waals surface area contributed by atoms with Crippen LogP contribution in [-0.2, 0) is 0 Å². The lowest BCUT2D eigenvalue weighted by Crippen LogP contribution is -2.00. The lowest BCUT2D eigenvalue weighted by atomic mass is 10.3. The summed E-state index contributed by atoms with van der Waals surface area (Å²) in [5.74, 6) is 2.77. The maximum atomic E-state index is 5.69. The minimum atomic E-state index is 0.412. The molecular formula is C16H15ClO2. The van der Waals surface area contributed by atoms with Gasteiger partial charge in [0.05, 0.1) is 0 Å². The van der Waals surface area contributed by atoms with Gasteiger partial charge in [-0.05, 0) is 42.0 Å². The van der Waals surface area contributed by atoms with Gasteiger partial charge in [0.25, 0.3) is 0 Å². The summed E-state index contributed by atoms with van der Waals surface area (Å²) >= 11 is 5.63. The van der Waals surface area contributed by atoms with Crippen LogP contribution in [-0.4, -0.2) is 12.5 Å². The molecule has 2 aromatic carbocycles.